The number of unbranched alkanes of at least 4 members (excludes halogenated alkanes) is 4. The van der Waals surface area contributed by atoms with E-state index in [4.69, 9.17) is 4.74 Å². The van der Waals surface area contributed by atoms with E-state index in [9.17, 15) is 13.9 Å². The van der Waals surface area contributed by atoms with Crippen LogP contribution in [-0.2, 0) is 5.60 Å². The first-order chi connectivity index (χ1) is 15.9. The van der Waals surface area contributed by atoms with Crippen molar-refractivity contribution < 1.29 is 18.6 Å². The number of allylic oxidation sites excluding steroid dienone is 1. The Morgan fingerprint density at radius 2 is 1.55 bits per heavy atom. The lowest BCUT2D eigenvalue weighted by Gasteiger charge is -2.41. The maximum Gasteiger partial charge on any atom is 0.200 e. The highest BCUT2D eigenvalue weighted by Gasteiger charge is 2.40. The monoisotopic (exact) mass is 464 g/mol. The zero-order chi connectivity index (χ0) is 24.3. The van der Waals surface area contributed by atoms with Crippen LogP contribution in [0.15, 0.2) is 24.8 Å². The van der Waals surface area contributed by atoms with Gasteiger partial charge in [-0.2, -0.15) is 4.39 Å². The Morgan fingerprint density at radius 1 is 0.939 bits per heavy atom. The Kier molecular flexibility index (Phi) is 11.9. The molecule has 0 amide bonds. The van der Waals surface area contributed by atoms with Crippen molar-refractivity contribution in [1.29, 1.82) is 0 Å². The predicted molar refractivity (Wildman–Crippen MR) is 133 cm³/mol. The molecule has 0 atom stereocenters. The third-order valence-electron chi connectivity index (χ3n) is 7.69. The second-order valence-electron chi connectivity index (χ2n) is 9.97. The van der Waals surface area contributed by atoms with Crippen LogP contribution >= 0.6 is 0 Å². The van der Waals surface area contributed by atoms with Crippen LogP contribution in [0.2, 0.25) is 0 Å². The number of aliphatic hydroxyl groups is 1. The molecule has 2 saturated carbocycles. The SMILES string of the molecule is C=CCCCCCCOc1ccc(C2(O)CCC(C3CCC(C)CC3)CC2)c(F)c1F.CC. The molecule has 0 aromatic heterocycles. The maximum absolute atomic E-state index is 14.9. The summed E-state index contributed by atoms with van der Waals surface area (Å²) < 4.78 is 35.0. The fourth-order valence-corrected chi connectivity index (χ4v) is 5.54. The third kappa shape index (κ3) is 7.80. The Labute approximate surface area is 200 Å². The van der Waals surface area contributed by atoms with Gasteiger partial charge < -0.3 is 9.84 Å². The number of halogens is 2. The molecule has 33 heavy (non-hydrogen) atoms. The van der Waals surface area contributed by atoms with Gasteiger partial charge in [0.15, 0.2) is 11.6 Å². The zero-order valence-electron chi connectivity index (χ0n) is 21.2. The number of benzene rings is 1. The summed E-state index contributed by atoms with van der Waals surface area (Å²) in [7, 11) is 0. The number of rotatable bonds is 10. The van der Waals surface area contributed by atoms with Gasteiger partial charge in [0.05, 0.1) is 12.2 Å². The lowest BCUT2D eigenvalue weighted by Crippen LogP contribution is -2.35. The van der Waals surface area contributed by atoms with E-state index in [1.54, 1.807) is 0 Å². The molecule has 0 bridgehead atoms. The molecular weight excluding hydrogens is 418 g/mol. The highest BCUT2D eigenvalue weighted by Crippen LogP contribution is 2.46. The standard InChI is InChI=1S/C27H40F2O2.C2H6/c1-3-4-5-6-7-8-19-31-24-14-13-23(25(28)26(24)29)27(30)17-15-22(16-18-27)21-11-9-20(2)10-12-21;1-2/h3,13-14,20-22,30H,1,4-12,15-19H2,2H3;1-2H3. The van der Waals surface area contributed by atoms with E-state index >= 15 is 0 Å². The van der Waals surface area contributed by atoms with Crippen LogP contribution in [0.4, 0.5) is 8.78 Å². The molecule has 0 aliphatic heterocycles. The number of ether oxygens (including phenoxy) is 1. The first-order valence-electron chi connectivity index (χ1n) is 13.4. The molecule has 2 fully saturated rings. The molecule has 188 valence electrons. The van der Waals surface area contributed by atoms with Crippen molar-refractivity contribution >= 4 is 0 Å². The van der Waals surface area contributed by atoms with Crippen molar-refractivity contribution in [3.8, 4) is 5.75 Å². The van der Waals surface area contributed by atoms with Gasteiger partial charge in [-0.1, -0.05) is 52.5 Å². The Hall–Kier alpha value is -1.42. The lowest BCUT2D eigenvalue weighted by molar-refractivity contribution is -0.0288. The normalized spacial score (nSPS) is 27.4. The molecule has 0 heterocycles. The van der Waals surface area contributed by atoms with E-state index in [2.05, 4.69) is 13.5 Å². The first kappa shape index (κ1) is 27.8. The van der Waals surface area contributed by atoms with Crippen LogP contribution in [0.3, 0.4) is 0 Å². The highest BCUT2D eigenvalue weighted by atomic mass is 19.2. The molecule has 0 spiro atoms. The molecule has 2 aliphatic rings. The van der Waals surface area contributed by atoms with Crippen molar-refractivity contribution in [1.82, 2.24) is 0 Å². The van der Waals surface area contributed by atoms with Gasteiger partial charge in [0.1, 0.15) is 0 Å². The van der Waals surface area contributed by atoms with Crippen molar-refractivity contribution in [2.45, 2.75) is 110 Å². The Morgan fingerprint density at radius 3 is 2.18 bits per heavy atom. The summed E-state index contributed by atoms with van der Waals surface area (Å²) in [5.74, 6) is 0.189. The summed E-state index contributed by atoms with van der Waals surface area (Å²) in [4.78, 5) is 0. The van der Waals surface area contributed by atoms with Gasteiger partial charge in [-0.3, -0.25) is 0 Å². The van der Waals surface area contributed by atoms with Crippen LogP contribution in [0.25, 0.3) is 0 Å². The third-order valence-corrected chi connectivity index (χ3v) is 7.69. The van der Waals surface area contributed by atoms with Crippen LogP contribution < -0.4 is 4.74 Å². The van der Waals surface area contributed by atoms with Crippen molar-refractivity contribution in [2.75, 3.05) is 6.61 Å². The highest BCUT2D eigenvalue weighted by molar-refractivity contribution is 5.34. The maximum atomic E-state index is 14.9. The topological polar surface area (TPSA) is 29.5 Å². The van der Waals surface area contributed by atoms with Crippen molar-refractivity contribution in [3.63, 3.8) is 0 Å². The minimum absolute atomic E-state index is 0.0547. The summed E-state index contributed by atoms with van der Waals surface area (Å²) in [6, 6.07) is 3.01. The molecule has 2 nitrogen and oxygen atoms in total. The van der Waals surface area contributed by atoms with Crippen LogP contribution in [-0.4, -0.2) is 11.7 Å². The molecule has 1 aromatic rings. The molecular formula is C29H46F2O2. The fraction of sp³-hybridized carbons (Fsp3) is 0.724. The number of hydrogen-bond acceptors (Lipinski definition) is 2. The fourth-order valence-electron chi connectivity index (χ4n) is 5.54. The summed E-state index contributed by atoms with van der Waals surface area (Å²) >= 11 is 0. The lowest BCUT2D eigenvalue weighted by atomic mass is 9.67. The largest absolute Gasteiger partial charge is 0.490 e. The first-order valence-corrected chi connectivity index (χ1v) is 13.4. The van der Waals surface area contributed by atoms with Gasteiger partial charge in [0.25, 0.3) is 0 Å². The van der Waals surface area contributed by atoms with Gasteiger partial charge in [-0.15, -0.1) is 6.58 Å². The minimum atomic E-state index is -1.27. The second kappa shape index (κ2) is 14.1. The van der Waals surface area contributed by atoms with Crippen molar-refractivity contribution in [3.05, 3.63) is 42.0 Å². The van der Waals surface area contributed by atoms with Crippen molar-refractivity contribution in [2.24, 2.45) is 17.8 Å². The Bertz CT molecular complexity index is 702. The van der Waals surface area contributed by atoms with Crippen LogP contribution in [0.1, 0.15) is 110 Å². The molecule has 2 aliphatic carbocycles. The summed E-state index contributed by atoms with van der Waals surface area (Å²) in [6.45, 7) is 10.4. The van der Waals surface area contributed by atoms with Gasteiger partial charge in [-0.25, -0.2) is 4.39 Å². The van der Waals surface area contributed by atoms with E-state index in [-0.39, 0.29) is 11.3 Å². The summed E-state index contributed by atoms with van der Waals surface area (Å²) in [5.41, 5.74) is -1.18. The Balaban J connectivity index is 0.00000187. The minimum Gasteiger partial charge on any atom is -0.490 e. The molecule has 1 aromatic carbocycles. The second-order valence-corrected chi connectivity index (χ2v) is 9.97. The number of hydrogen-bond donors (Lipinski definition) is 1. The van der Waals surface area contributed by atoms with E-state index in [0.717, 1.165) is 56.8 Å². The van der Waals surface area contributed by atoms with Crippen LogP contribution in [0, 0.1) is 29.4 Å². The van der Waals surface area contributed by atoms with E-state index in [1.807, 2.05) is 19.9 Å². The summed E-state index contributed by atoms with van der Waals surface area (Å²) in [5, 5.41) is 11.2. The van der Waals surface area contributed by atoms with Gasteiger partial charge >= 0.3 is 0 Å². The van der Waals surface area contributed by atoms with Gasteiger partial charge in [-0.05, 0) is 87.7 Å². The van der Waals surface area contributed by atoms with E-state index < -0.39 is 17.2 Å². The molecule has 0 radical (unpaired) electrons. The molecule has 0 saturated heterocycles. The van der Waals surface area contributed by atoms with E-state index in [1.165, 1.54) is 37.8 Å². The smallest absolute Gasteiger partial charge is 0.200 e. The average Bonchev–Trinajstić information content (AvgIpc) is 2.83. The molecule has 0 unspecified atom stereocenters. The predicted octanol–water partition coefficient (Wildman–Crippen LogP) is 8.71. The van der Waals surface area contributed by atoms with E-state index in [0.29, 0.717) is 25.4 Å². The molecule has 3 rings (SSSR count). The average molecular weight is 465 g/mol. The molecule has 4 heteroatoms. The summed E-state index contributed by atoms with van der Waals surface area (Å²) in [6.07, 6.45) is 14.8. The quantitative estimate of drug-likeness (QED) is 0.277. The zero-order valence-corrected chi connectivity index (χ0v) is 21.2. The van der Waals surface area contributed by atoms with Gasteiger partial charge in [0, 0.05) is 5.56 Å². The van der Waals surface area contributed by atoms with Crippen LogP contribution in [0.5, 0.6) is 5.75 Å². The molecule has 1 N–H and O–H groups in total. The van der Waals surface area contributed by atoms with Gasteiger partial charge in [0.2, 0.25) is 5.82 Å².